The highest BCUT2D eigenvalue weighted by molar-refractivity contribution is 5.93. The van der Waals surface area contributed by atoms with E-state index in [1.54, 1.807) is 20.2 Å². The molecule has 8 heteroatoms. The van der Waals surface area contributed by atoms with Crippen LogP contribution < -0.4 is 10.2 Å². The maximum atomic E-state index is 12.5. The maximum Gasteiger partial charge on any atom is 0.273 e. The molecule has 2 aromatic rings. The molecule has 0 radical (unpaired) electrons. The van der Waals surface area contributed by atoms with E-state index in [0.29, 0.717) is 23.9 Å². The lowest BCUT2D eigenvalue weighted by molar-refractivity contribution is 0.0940. The van der Waals surface area contributed by atoms with Crippen LogP contribution in [0.3, 0.4) is 0 Å². The number of hydrogen-bond acceptors (Lipinski definition) is 7. The standard InChI is InChI=1S/C18H25N5O3/c1-11(2)18-22-16(12(3)26-18)17(24)20-8-13-7-14(25-4)9-23(13)15-5-6-19-10-21-15/h5-6,10-11,13-14H,7-9H2,1-4H3,(H,20,24)/t13-,14-/m0/s1. The van der Waals surface area contributed by atoms with Gasteiger partial charge in [-0.05, 0) is 19.4 Å². The van der Waals surface area contributed by atoms with E-state index < -0.39 is 0 Å². The molecule has 3 rings (SSSR count). The van der Waals surface area contributed by atoms with Gasteiger partial charge < -0.3 is 19.4 Å². The second-order valence-electron chi connectivity index (χ2n) is 6.79. The van der Waals surface area contributed by atoms with Crippen LogP contribution in [0.4, 0.5) is 5.82 Å². The van der Waals surface area contributed by atoms with Crippen molar-refractivity contribution in [3.63, 3.8) is 0 Å². The van der Waals surface area contributed by atoms with Crippen molar-refractivity contribution in [1.82, 2.24) is 20.3 Å². The number of hydrogen-bond donors (Lipinski definition) is 1. The lowest BCUT2D eigenvalue weighted by Crippen LogP contribution is -2.40. The van der Waals surface area contributed by atoms with E-state index in [2.05, 4.69) is 25.2 Å². The highest BCUT2D eigenvalue weighted by Crippen LogP contribution is 2.25. The summed E-state index contributed by atoms with van der Waals surface area (Å²) in [5, 5.41) is 2.98. The summed E-state index contributed by atoms with van der Waals surface area (Å²) in [5.74, 6) is 1.87. The van der Waals surface area contributed by atoms with Crippen molar-refractivity contribution in [2.45, 2.75) is 45.3 Å². The van der Waals surface area contributed by atoms with Crippen LogP contribution >= 0.6 is 0 Å². The number of carbonyl (C=O) groups is 1. The van der Waals surface area contributed by atoms with Crippen LogP contribution in [0.2, 0.25) is 0 Å². The number of rotatable bonds is 6. The Balaban J connectivity index is 1.68. The summed E-state index contributed by atoms with van der Waals surface area (Å²) in [4.78, 5) is 27.3. The molecule has 1 aliphatic rings. The third-order valence-electron chi connectivity index (χ3n) is 4.59. The first-order valence-corrected chi connectivity index (χ1v) is 8.80. The van der Waals surface area contributed by atoms with Gasteiger partial charge in [0.15, 0.2) is 11.6 Å². The number of aryl methyl sites for hydroxylation is 1. The van der Waals surface area contributed by atoms with Gasteiger partial charge >= 0.3 is 0 Å². The molecule has 0 aliphatic carbocycles. The molecule has 0 unspecified atom stereocenters. The predicted octanol–water partition coefficient (Wildman–Crippen LogP) is 1.92. The Morgan fingerprint density at radius 1 is 1.50 bits per heavy atom. The summed E-state index contributed by atoms with van der Waals surface area (Å²) in [7, 11) is 1.70. The van der Waals surface area contributed by atoms with E-state index in [1.807, 2.05) is 19.9 Å². The summed E-state index contributed by atoms with van der Waals surface area (Å²) < 4.78 is 11.1. The molecule has 0 spiro atoms. The van der Waals surface area contributed by atoms with Crippen LogP contribution in [0.5, 0.6) is 0 Å². The molecule has 0 bridgehead atoms. The quantitative estimate of drug-likeness (QED) is 0.842. The van der Waals surface area contributed by atoms with Crippen LogP contribution in [0.1, 0.15) is 48.3 Å². The van der Waals surface area contributed by atoms with Crippen molar-refractivity contribution in [2.75, 3.05) is 25.1 Å². The highest BCUT2D eigenvalue weighted by atomic mass is 16.5. The topological polar surface area (TPSA) is 93.4 Å². The third-order valence-corrected chi connectivity index (χ3v) is 4.59. The van der Waals surface area contributed by atoms with Crippen molar-refractivity contribution in [1.29, 1.82) is 0 Å². The first kappa shape index (κ1) is 18.3. The van der Waals surface area contributed by atoms with Gasteiger partial charge in [-0.1, -0.05) is 13.8 Å². The first-order valence-electron chi connectivity index (χ1n) is 8.80. The van der Waals surface area contributed by atoms with E-state index >= 15 is 0 Å². The Hall–Kier alpha value is -2.48. The molecule has 0 aromatic carbocycles. The van der Waals surface area contributed by atoms with E-state index in [-0.39, 0.29) is 24.0 Å². The normalized spacial score (nSPS) is 20.0. The van der Waals surface area contributed by atoms with E-state index in [0.717, 1.165) is 18.8 Å². The van der Waals surface area contributed by atoms with Gasteiger partial charge in [0.2, 0.25) is 0 Å². The molecule has 8 nitrogen and oxygen atoms in total. The number of amides is 1. The fourth-order valence-corrected chi connectivity index (χ4v) is 3.14. The highest BCUT2D eigenvalue weighted by Gasteiger charge is 2.33. The summed E-state index contributed by atoms with van der Waals surface area (Å²) in [5.41, 5.74) is 0.351. The van der Waals surface area contributed by atoms with Gasteiger partial charge in [0.25, 0.3) is 5.91 Å². The van der Waals surface area contributed by atoms with Crippen LogP contribution in [0.25, 0.3) is 0 Å². The Labute approximate surface area is 153 Å². The fraction of sp³-hybridized carbons (Fsp3) is 0.556. The number of methoxy groups -OCH3 is 1. The molecule has 26 heavy (non-hydrogen) atoms. The van der Waals surface area contributed by atoms with E-state index in [9.17, 15) is 4.79 Å². The van der Waals surface area contributed by atoms with Gasteiger partial charge in [-0.15, -0.1) is 0 Å². The average Bonchev–Trinajstić information content (AvgIpc) is 3.24. The molecular weight excluding hydrogens is 334 g/mol. The van der Waals surface area contributed by atoms with Gasteiger partial charge in [0, 0.05) is 32.3 Å². The molecule has 140 valence electrons. The molecule has 0 saturated carbocycles. The molecule has 1 N–H and O–H groups in total. The molecule has 3 heterocycles. The van der Waals surface area contributed by atoms with Gasteiger partial charge in [-0.3, -0.25) is 4.79 Å². The van der Waals surface area contributed by atoms with Crippen molar-refractivity contribution in [3.05, 3.63) is 35.9 Å². The molecular formula is C18H25N5O3. The monoisotopic (exact) mass is 359 g/mol. The zero-order chi connectivity index (χ0) is 18.7. The molecule has 2 aromatic heterocycles. The molecule has 1 aliphatic heterocycles. The van der Waals surface area contributed by atoms with Crippen molar-refractivity contribution in [3.8, 4) is 0 Å². The molecule has 1 amide bonds. The van der Waals surface area contributed by atoms with Crippen molar-refractivity contribution >= 4 is 11.7 Å². The predicted molar refractivity (Wildman–Crippen MR) is 96.2 cm³/mol. The number of nitrogens with one attached hydrogen (secondary N) is 1. The number of ether oxygens (including phenoxy) is 1. The van der Waals surface area contributed by atoms with Crippen LogP contribution in [0, 0.1) is 6.92 Å². The minimum Gasteiger partial charge on any atom is -0.445 e. The number of nitrogens with zero attached hydrogens (tertiary/aromatic N) is 4. The Morgan fingerprint density at radius 3 is 2.92 bits per heavy atom. The molecule has 1 saturated heterocycles. The van der Waals surface area contributed by atoms with Gasteiger partial charge in [0.1, 0.15) is 17.9 Å². The smallest absolute Gasteiger partial charge is 0.273 e. The van der Waals surface area contributed by atoms with Gasteiger partial charge in [0.05, 0.1) is 12.1 Å². The molecule has 2 atom stereocenters. The lowest BCUT2D eigenvalue weighted by Gasteiger charge is -2.25. The van der Waals surface area contributed by atoms with E-state index in [1.165, 1.54) is 6.33 Å². The second-order valence-corrected chi connectivity index (χ2v) is 6.79. The molecule has 1 fully saturated rings. The first-order chi connectivity index (χ1) is 12.5. The third kappa shape index (κ3) is 3.85. The van der Waals surface area contributed by atoms with Crippen LogP contribution in [0.15, 0.2) is 23.0 Å². The van der Waals surface area contributed by atoms with Gasteiger partial charge in [-0.2, -0.15) is 0 Å². The summed E-state index contributed by atoms with van der Waals surface area (Å²) in [6.45, 7) is 6.93. The fourth-order valence-electron chi connectivity index (χ4n) is 3.14. The van der Waals surface area contributed by atoms with Crippen molar-refractivity contribution < 1.29 is 13.9 Å². The average molecular weight is 359 g/mol. The summed E-state index contributed by atoms with van der Waals surface area (Å²) >= 11 is 0. The number of anilines is 1. The summed E-state index contributed by atoms with van der Waals surface area (Å²) in [6.07, 6.45) is 4.16. The van der Waals surface area contributed by atoms with Crippen LogP contribution in [-0.4, -0.2) is 53.2 Å². The maximum absolute atomic E-state index is 12.5. The Bertz CT molecular complexity index is 747. The van der Waals surface area contributed by atoms with Gasteiger partial charge in [-0.25, -0.2) is 15.0 Å². The van der Waals surface area contributed by atoms with Crippen LogP contribution in [-0.2, 0) is 4.74 Å². The number of aromatic nitrogens is 3. The zero-order valence-corrected chi connectivity index (χ0v) is 15.6. The Kier molecular flexibility index (Phi) is 5.51. The SMILES string of the molecule is CO[C@H]1C[C@@H](CNC(=O)c2nc(C(C)C)oc2C)N(c2ccncn2)C1. The van der Waals surface area contributed by atoms with E-state index in [4.69, 9.17) is 9.15 Å². The largest absolute Gasteiger partial charge is 0.445 e. The number of oxazole rings is 1. The Morgan fingerprint density at radius 2 is 2.31 bits per heavy atom. The second kappa shape index (κ2) is 7.82. The zero-order valence-electron chi connectivity index (χ0n) is 15.6. The minimum atomic E-state index is -0.221. The minimum absolute atomic E-state index is 0.0931. The number of carbonyl (C=O) groups excluding carboxylic acids is 1. The lowest BCUT2D eigenvalue weighted by atomic mass is 10.2. The van der Waals surface area contributed by atoms with Crippen molar-refractivity contribution in [2.24, 2.45) is 0 Å². The summed E-state index contributed by atoms with van der Waals surface area (Å²) in [6, 6.07) is 1.96.